The molecule has 0 aromatic carbocycles. The molecule has 0 bridgehead atoms. The van der Waals surface area contributed by atoms with Crippen molar-refractivity contribution in [2.45, 2.75) is 50.9 Å². The van der Waals surface area contributed by atoms with Gasteiger partial charge < -0.3 is 10.2 Å². The second kappa shape index (κ2) is 7.07. The fourth-order valence-electron chi connectivity index (χ4n) is 3.01. The predicted molar refractivity (Wildman–Crippen MR) is 82.4 cm³/mol. The highest BCUT2D eigenvalue weighted by Crippen LogP contribution is 2.38. The summed E-state index contributed by atoms with van der Waals surface area (Å²) in [7, 11) is 0. The van der Waals surface area contributed by atoms with Crippen LogP contribution in [0.15, 0.2) is 6.07 Å². The van der Waals surface area contributed by atoms with Crippen LogP contribution in [0.2, 0.25) is 0 Å². The molecule has 116 valence electrons. The van der Waals surface area contributed by atoms with Crippen LogP contribution in [0.1, 0.15) is 67.0 Å². The van der Waals surface area contributed by atoms with Crippen LogP contribution in [0, 0.1) is 0 Å². The zero-order valence-electron chi connectivity index (χ0n) is 12.7. The van der Waals surface area contributed by atoms with Crippen molar-refractivity contribution in [3.05, 3.63) is 17.5 Å². The number of nitrogens with zero attached hydrogens (tertiary/aromatic N) is 2. The number of carbonyl (C=O) groups excluding carboxylic acids is 1. The summed E-state index contributed by atoms with van der Waals surface area (Å²) in [5, 5.41) is 10.1. The minimum absolute atomic E-state index is 0.0472. The molecular weight excluding hydrogens is 264 g/mol. The van der Waals surface area contributed by atoms with Crippen LogP contribution in [0.25, 0.3) is 0 Å². The van der Waals surface area contributed by atoms with Gasteiger partial charge >= 0.3 is 0 Å². The van der Waals surface area contributed by atoms with Gasteiger partial charge in [-0.15, -0.1) is 0 Å². The maximum absolute atomic E-state index is 12.0. The first-order chi connectivity index (χ1) is 10.3. The Labute approximate surface area is 126 Å². The number of nitrogens with one attached hydrogen (secondary N) is 2. The second-order valence-electron chi connectivity index (χ2n) is 6.35. The van der Waals surface area contributed by atoms with Crippen LogP contribution in [0.3, 0.4) is 0 Å². The summed E-state index contributed by atoms with van der Waals surface area (Å²) in [5.41, 5.74) is 1.65. The molecule has 5 nitrogen and oxygen atoms in total. The molecule has 1 saturated carbocycles. The molecule has 2 aliphatic rings. The number of H-pyrrole nitrogens is 1. The maximum atomic E-state index is 12.0. The minimum atomic E-state index is -0.0472. The molecule has 0 atom stereocenters. The number of carbonyl (C=O) groups is 1. The lowest BCUT2D eigenvalue weighted by Crippen LogP contribution is -2.30. The van der Waals surface area contributed by atoms with Gasteiger partial charge in [0.1, 0.15) is 5.69 Å². The Morgan fingerprint density at radius 3 is 2.76 bits per heavy atom. The van der Waals surface area contributed by atoms with Gasteiger partial charge in [0.2, 0.25) is 0 Å². The van der Waals surface area contributed by atoms with Crippen LogP contribution < -0.4 is 5.32 Å². The molecule has 3 rings (SSSR count). The Morgan fingerprint density at radius 2 is 2.05 bits per heavy atom. The van der Waals surface area contributed by atoms with Crippen molar-refractivity contribution in [3.8, 4) is 0 Å². The van der Waals surface area contributed by atoms with E-state index in [-0.39, 0.29) is 5.91 Å². The number of hydrogen-bond acceptors (Lipinski definition) is 3. The van der Waals surface area contributed by atoms with Crippen molar-refractivity contribution in [3.63, 3.8) is 0 Å². The molecule has 1 aromatic rings. The van der Waals surface area contributed by atoms with Crippen LogP contribution >= 0.6 is 0 Å². The second-order valence-corrected chi connectivity index (χ2v) is 6.35. The lowest BCUT2D eigenvalue weighted by molar-refractivity contribution is 0.0946. The van der Waals surface area contributed by atoms with Crippen molar-refractivity contribution >= 4 is 5.91 Å². The molecule has 1 aliphatic carbocycles. The average molecular weight is 290 g/mol. The summed E-state index contributed by atoms with van der Waals surface area (Å²) in [6.07, 6.45) is 8.85. The zero-order valence-corrected chi connectivity index (χ0v) is 12.7. The molecule has 0 spiro atoms. The normalized spacial score (nSPS) is 20.2. The van der Waals surface area contributed by atoms with E-state index >= 15 is 0 Å². The zero-order chi connectivity index (χ0) is 14.5. The van der Waals surface area contributed by atoms with Crippen LogP contribution in [0.5, 0.6) is 0 Å². The van der Waals surface area contributed by atoms with Crippen LogP contribution in [-0.2, 0) is 0 Å². The SMILES string of the molecule is O=C(NCCCN1CCCCCC1)c1cc(C2CC2)[nH]n1. The Bertz CT molecular complexity index is 459. The quantitative estimate of drug-likeness (QED) is 0.790. The van der Waals surface area contributed by atoms with Crippen molar-refractivity contribution in [1.82, 2.24) is 20.4 Å². The number of aromatic nitrogens is 2. The van der Waals surface area contributed by atoms with E-state index < -0.39 is 0 Å². The number of amides is 1. The van der Waals surface area contributed by atoms with E-state index in [9.17, 15) is 4.79 Å². The van der Waals surface area contributed by atoms with Gasteiger partial charge in [0.15, 0.2) is 0 Å². The summed E-state index contributed by atoms with van der Waals surface area (Å²) in [6.45, 7) is 4.27. The number of hydrogen-bond donors (Lipinski definition) is 2. The molecule has 0 unspecified atom stereocenters. The molecule has 1 amide bonds. The Hall–Kier alpha value is -1.36. The first-order valence-corrected chi connectivity index (χ1v) is 8.39. The topological polar surface area (TPSA) is 61.0 Å². The third kappa shape index (κ3) is 4.30. The number of rotatable bonds is 6. The Kier molecular flexibility index (Phi) is 4.91. The molecule has 1 aliphatic heterocycles. The monoisotopic (exact) mass is 290 g/mol. The summed E-state index contributed by atoms with van der Waals surface area (Å²) in [4.78, 5) is 14.5. The van der Waals surface area contributed by atoms with Crippen molar-refractivity contribution in [1.29, 1.82) is 0 Å². The third-order valence-electron chi connectivity index (χ3n) is 4.48. The highest BCUT2D eigenvalue weighted by Gasteiger charge is 2.26. The molecule has 0 radical (unpaired) electrons. The summed E-state index contributed by atoms with van der Waals surface area (Å²) < 4.78 is 0. The lowest BCUT2D eigenvalue weighted by Gasteiger charge is -2.19. The standard InChI is InChI=1S/C16H26N4O/c21-16(15-12-14(18-19-15)13-6-7-13)17-8-5-11-20-9-3-1-2-4-10-20/h12-13H,1-11H2,(H,17,21)(H,18,19). The smallest absolute Gasteiger partial charge is 0.271 e. The predicted octanol–water partition coefficient (Wildman–Crippen LogP) is 2.28. The van der Waals surface area contributed by atoms with Gasteiger partial charge in [-0.05, 0) is 57.8 Å². The fraction of sp³-hybridized carbons (Fsp3) is 0.750. The largest absolute Gasteiger partial charge is 0.351 e. The number of likely N-dealkylation sites (tertiary alicyclic amines) is 1. The first kappa shape index (κ1) is 14.6. The van der Waals surface area contributed by atoms with Gasteiger partial charge in [-0.1, -0.05) is 12.8 Å². The van der Waals surface area contributed by atoms with Crippen LogP contribution in [0.4, 0.5) is 0 Å². The van der Waals surface area contributed by atoms with E-state index in [0.29, 0.717) is 11.6 Å². The third-order valence-corrected chi connectivity index (χ3v) is 4.48. The average Bonchev–Trinajstić information content (AvgIpc) is 3.28. The van der Waals surface area contributed by atoms with Gasteiger partial charge in [-0.3, -0.25) is 9.89 Å². The van der Waals surface area contributed by atoms with Crippen LogP contribution in [-0.4, -0.2) is 47.2 Å². The first-order valence-electron chi connectivity index (χ1n) is 8.39. The Balaban J connectivity index is 1.35. The van der Waals surface area contributed by atoms with E-state index in [0.717, 1.165) is 25.2 Å². The molecule has 21 heavy (non-hydrogen) atoms. The van der Waals surface area contributed by atoms with Gasteiger partial charge in [0.25, 0.3) is 5.91 Å². The van der Waals surface area contributed by atoms with E-state index in [1.807, 2.05) is 6.07 Å². The lowest BCUT2D eigenvalue weighted by atomic mass is 10.2. The fourth-order valence-corrected chi connectivity index (χ4v) is 3.01. The van der Waals surface area contributed by atoms with E-state index in [4.69, 9.17) is 0 Å². The van der Waals surface area contributed by atoms with E-state index in [2.05, 4.69) is 20.4 Å². The van der Waals surface area contributed by atoms with Gasteiger partial charge in [-0.2, -0.15) is 5.10 Å². The Morgan fingerprint density at radius 1 is 1.29 bits per heavy atom. The highest BCUT2D eigenvalue weighted by molar-refractivity contribution is 5.92. The van der Waals surface area contributed by atoms with E-state index in [1.165, 1.54) is 51.6 Å². The summed E-state index contributed by atoms with van der Waals surface area (Å²) in [6, 6.07) is 1.90. The molecule has 2 heterocycles. The minimum Gasteiger partial charge on any atom is -0.351 e. The summed E-state index contributed by atoms with van der Waals surface area (Å²) >= 11 is 0. The van der Waals surface area contributed by atoms with Gasteiger partial charge in [0.05, 0.1) is 0 Å². The van der Waals surface area contributed by atoms with Crippen molar-refractivity contribution in [2.24, 2.45) is 0 Å². The molecule has 2 N–H and O–H groups in total. The highest BCUT2D eigenvalue weighted by atomic mass is 16.1. The van der Waals surface area contributed by atoms with Crippen molar-refractivity contribution in [2.75, 3.05) is 26.2 Å². The molecule has 5 heteroatoms. The molecule has 1 aromatic heterocycles. The summed E-state index contributed by atoms with van der Waals surface area (Å²) in [5.74, 6) is 0.566. The number of aromatic amines is 1. The molecule has 1 saturated heterocycles. The van der Waals surface area contributed by atoms with Gasteiger partial charge in [-0.25, -0.2) is 0 Å². The van der Waals surface area contributed by atoms with Gasteiger partial charge in [0, 0.05) is 18.2 Å². The molecular formula is C16H26N4O. The molecule has 2 fully saturated rings. The maximum Gasteiger partial charge on any atom is 0.271 e. The van der Waals surface area contributed by atoms with Crippen molar-refractivity contribution < 1.29 is 4.79 Å². The van der Waals surface area contributed by atoms with E-state index in [1.54, 1.807) is 0 Å².